The molecule has 0 radical (unpaired) electrons. The van der Waals surface area contributed by atoms with Crippen molar-refractivity contribution in [3.8, 4) is 0 Å². The number of methoxy groups -OCH3 is 1. The Morgan fingerprint density at radius 2 is 1.95 bits per heavy atom. The van der Waals surface area contributed by atoms with E-state index in [2.05, 4.69) is 32.0 Å². The fourth-order valence-corrected chi connectivity index (χ4v) is 5.56. The molecule has 1 aromatic carbocycles. The summed E-state index contributed by atoms with van der Waals surface area (Å²) in [7, 11) is 1.46. The Balaban J connectivity index is 1.99. The van der Waals surface area contributed by atoms with Crippen molar-refractivity contribution in [1.29, 1.82) is 0 Å². The maximum absolute atomic E-state index is 11.4. The Morgan fingerprint density at radius 1 is 1.24 bits per heavy atom. The van der Waals surface area contributed by atoms with Gasteiger partial charge in [-0.15, -0.1) is 23.5 Å². The van der Waals surface area contributed by atoms with Crippen LogP contribution in [0.2, 0.25) is 0 Å². The van der Waals surface area contributed by atoms with Crippen LogP contribution < -0.4 is 0 Å². The largest absolute Gasteiger partial charge is 0.468 e. The van der Waals surface area contributed by atoms with E-state index in [1.54, 1.807) is 11.8 Å². The lowest BCUT2D eigenvalue weighted by molar-refractivity contribution is -0.137. The minimum Gasteiger partial charge on any atom is -0.468 e. The second-order valence-corrected chi connectivity index (χ2v) is 8.14. The van der Waals surface area contributed by atoms with Crippen molar-refractivity contribution in [3.05, 3.63) is 29.3 Å². The van der Waals surface area contributed by atoms with Crippen LogP contribution in [0, 0.1) is 13.8 Å². The summed E-state index contributed by atoms with van der Waals surface area (Å²) in [6, 6.07) is 6.68. The molecule has 0 heterocycles. The number of benzene rings is 1. The van der Waals surface area contributed by atoms with Crippen molar-refractivity contribution in [1.82, 2.24) is 0 Å². The Bertz CT molecular complexity index is 488. The molecular weight excluding hydrogens is 300 g/mol. The van der Waals surface area contributed by atoms with Crippen molar-refractivity contribution in [2.24, 2.45) is 0 Å². The number of carbonyl (C=O) groups is 1. The van der Waals surface area contributed by atoms with Gasteiger partial charge in [-0.25, -0.2) is 0 Å². The number of hydrogen-bond acceptors (Lipinski definition) is 4. The zero-order chi connectivity index (χ0) is 15.2. The van der Waals surface area contributed by atoms with E-state index in [0.717, 1.165) is 0 Å². The van der Waals surface area contributed by atoms with Gasteiger partial charge in [0.15, 0.2) is 0 Å². The van der Waals surface area contributed by atoms with Gasteiger partial charge in [0.2, 0.25) is 0 Å². The topological polar surface area (TPSA) is 26.3 Å². The summed E-state index contributed by atoms with van der Waals surface area (Å²) in [4.78, 5) is 12.7. The average Bonchev–Trinajstić information content (AvgIpc) is 2.48. The van der Waals surface area contributed by atoms with E-state index in [4.69, 9.17) is 4.74 Å². The molecule has 0 aromatic heterocycles. The highest BCUT2D eigenvalue weighted by molar-refractivity contribution is 8.04. The summed E-state index contributed by atoms with van der Waals surface area (Å²) in [5.74, 6) is 0.367. The highest BCUT2D eigenvalue weighted by atomic mass is 32.2. The first kappa shape index (κ1) is 16.8. The van der Waals surface area contributed by atoms with Gasteiger partial charge in [0, 0.05) is 15.4 Å². The maximum Gasteiger partial charge on any atom is 0.315 e. The maximum atomic E-state index is 11.4. The quantitative estimate of drug-likeness (QED) is 0.739. The van der Waals surface area contributed by atoms with Gasteiger partial charge in [-0.1, -0.05) is 30.5 Å². The van der Waals surface area contributed by atoms with Crippen molar-refractivity contribution in [2.45, 2.75) is 54.9 Å². The Morgan fingerprint density at radius 3 is 2.62 bits per heavy atom. The van der Waals surface area contributed by atoms with Gasteiger partial charge in [-0.2, -0.15) is 0 Å². The van der Waals surface area contributed by atoms with Crippen LogP contribution >= 0.6 is 23.5 Å². The third-order valence-electron chi connectivity index (χ3n) is 3.89. The first-order valence-electron chi connectivity index (χ1n) is 7.52. The van der Waals surface area contributed by atoms with E-state index in [1.807, 2.05) is 11.8 Å². The van der Waals surface area contributed by atoms with Crippen molar-refractivity contribution >= 4 is 29.5 Å². The standard InChI is InChI=1S/C17H24O2S2/c1-12-8-9-14(13(2)10-12)21-16-7-5-4-6-15(16)20-11-17(18)19-3/h8-10,15-16H,4-7,11H2,1-3H3/t15-,16-/m1/s1. The molecule has 116 valence electrons. The average molecular weight is 325 g/mol. The molecule has 1 aliphatic rings. The zero-order valence-corrected chi connectivity index (χ0v) is 14.7. The molecule has 4 heteroatoms. The first-order chi connectivity index (χ1) is 10.1. The van der Waals surface area contributed by atoms with Crippen LogP contribution in [0.15, 0.2) is 23.1 Å². The SMILES string of the molecule is COC(=O)CS[C@@H]1CCCC[C@H]1Sc1ccc(C)cc1C. The van der Waals surface area contributed by atoms with Gasteiger partial charge in [0.05, 0.1) is 12.9 Å². The van der Waals surface area contributed by atoms with Gasteiger partial charge in [-0.05, 0) is 38.3 Å². The molecule has 1 aliphatic carbocycles. The summed E-state index contributed by atoms with van der Waals surface area (Å²) < 4.78 is 4.76. The Kier molecular flexibility index (Phi) is 6.49. The van der Waals surface area contributed by atoms with Crippen LogP contribution in [-0.4, -0.2) is 29.3 Å². The predicted octanol–water partition coefficient (Wildman–Crippen LogP) is 4.61. The Labute approximate surface area is 136 Å². The molecule has 1 aromatic rings. The number of ether oxygens (including phenoxy) is 1. The third kappa shape index (κ3) is 4.96. The van der Waals surface area contributed by atoms with Gasteiger partial charge in [-0.3, -0.25) is 4.79 Å². The lowest BCUT2D eigenvalue weighted by atomic mass is 10.00. The number of thioether (sulfide) groups is 2. The number of carbonyl (C=O) groups excluding carboxylic acids is 1. The molecule has 0 amide bonds. The molecule has 2 atom stereocenters. The summed E-state index contributed by atoms with van der Waals surface area (Å²) in [6.45, 7) is 4.33. The predicted molar refractivity (Wildman–Crippen MR) is 92.3 cm³/mol. The normalized spacial score (nSPS) is 22.0. The summed E-state index contributed by atoms with van der Waals surface area (Å²) >= 11 is 3.77. The molecule has 2 nitrogen and oxygen atoms in total. The minimum atomic E-state index is -0.110. The van der Waals surface area contributed by atoms with Crippen LogP contribution in [0.3, 0.4) is 0 Å². The van der Waals surface area contributed by atoms with Gasteiger partial charge in [0.25, 0.3) is 0 Å². The monoisotopic (exact) mass is 324 g/mol. The molecule has 0 N–H and O–H groups in total. The zero-order valence-electron chi connectivity index (χ0n) is 13.1. The van der Waals surface area contributed by atoms with Gasteiger partial charge < -0.3 is 4.74 Å². The van der Waals surface area contributed by atoms with E-state index in [9.17, 15) is 4.79 Å². The number of aryl methyl sites for hydroxylation is 2. The second kappa shape index (κ2) is 8.14. The smallest absolute Gasteiger partial charge is 0.315 e. The van der Waals surface area contributed by atoms with Gasteiger partial charge >= 0.3 is 5.97 Å². The van der Waals surface area contributed by atoms with E-state index in [-0.39, 0.29) is 5.97 Å². The molecule has 21 heavy (non-hydrogen) atoms. The van der Waals surface area contributed by atoms with E-state index in [1.165, 1.54) is 48.8 Å². The molecular formula is C17H24O2S2. The summed E-state index contributed by atoms with van der Waals surface area (Å²) in [5.41, 5.74) is 2.68. The fraction of sp³-hybridized carbons (Fsp3) is 0.588. The molecule has 0 aliphatic heterocycles. The van der Waals surface area contributed by atoms with Crippen LogP contribution in [0.25, 0.3) is 0 Å². The molecule has 0 bridgehead atoms. The van der Waals surface area contributed by atoms with Crippen LogP contribution in [0.4, 0.5) is 0 Å². The van der Waals surface area contributed by atoms with Crippen molar-refractivity contribution in [3.63, 3.8) is 0 Å². The van der Waals surface area contributed by atoms with E-state index in [0.29, 0.717) is 16.3 Å². The number of esters is 1. The highest BCUT2D eigenvalue weighted by Crippen LogP contribution is 2.40. The van der Waals surface area contributed by atoms with Crippen LogP contribution in [0.1, 0.15) is 36.8 Å². The molecule has 0 unspecified atom stereocenters. The summed E-state index contributed by atoms with van der Waals surface area (Å²) in [6.07, 6.45) is 5.04. The molecule has 0 saturated heterocycles. The third-order valence-corrected chi connectivity index (χ3v) is 7.04. The lowest BCUT2D eigenvalue weighted by Crippen LogP contribution is -2.26. The number of hydrogen-bond donors (Lipinski definition) is 0. The molecule has 1 saturated carbocycles. The highest BCUT2D eigenvalue weighted by Gasteiger charge is 2.27. The van der Waals surface area contributed by atoms with Crippen molar-refractivity contribution < 1.29 is 9.53 Å². The minimum absolute atomic E-state index is 0.110. The molecule has 0 spiro atoms. The second-order valence-electron chi connectivity index (χ2n) is 5.64. The fourth-order valence-electron chi connectivity index (χ4n) is 2.72. The van der Waals surface area contributed by atoms with Crippen molar-refractivity contribution in [2.75, 3.05) is 12.9 Å². The van der Waals surface area contributed by atoms with Crippen LogP contribution in [-0.2, 0) is 9.53 Å². The first-order valence-corrected chi connectivity index (χ1v) is 9.45. The molecule has 1 fully saturated rings. The van der Waals surface area contributed by atoms with Crippen LogP contribution in [0.5, 0.6) is 0 Å². The van der Waals surface area contributed by atoms with E-state index >= 15 is 0 Å². The molecule has 2 rings (SSSR count). The Hall–Kier alpha value is -0.610. The number of rotatable bonds is 5. The summed E-state index contributed by atoms with van der Waals surface area (Å²) in [5, 5.41) is 1.17. The lowest BCUT2D eigenvalue weighted by Gasteiger charge is -2.30. The van der Waals surface area contributed by atoms with E-state index < -0.39 is 0 Å². The van der Waals surface area contributed by atoms with Gasteiger partial charge in [0.1, 0.15) is 0 Å².